The first-order chi connectivity index (χ1) is 10.1. The Morgan fingerprint density at radius 2 is 2.33 bits per heavy atom. The van der Waals surface area contributed by atoms with E-state index in [0.717, 1.165) is 17.9 Å². The van der Waals surface area contributed by atoms with E-state index in [-0.39, 0.29) is 0 Å². The Morgan fingerprint density at radius 3 is 3.05 bits per heavy atom. The molecule has 6 nitrogen and oxygen atoms in total. The molecule has 108 valence electrons. The van der Waals surface area contributed by atoms with Gasteiger partial charge in [0.2, 0.25) is 0 Å². The number of hydrogen-bond acceptors (Lipinski definition) is 5. The smallest absolute Gasteiger partial charge is 0.146 e. The maximum atomic E-state index is 9.24. The van der Waals surface area contributed by atoms with Gasteiger partial charge < -0.3 is 9.64 Å². The zero-order valence-corrected chi connectivity index (χ0v) is 12.2. The van der Waals surface area contributed by atoms with Crippen LogP contribution < -0.4 is 4.90 Å². The van der Waals surface area contributed by atoms with E-state index in [1.807, 2.05) is 26.4 Å². The lowest BCUT2D eigenvalue weighted by atomic mass is 9.96. The number of ether oxygens (including phenoxy) is 1. The summed E-state index contributed by atoms with van der Waals surface area (Å²) in [6.45, 7) is 4.00. The number of nitrogens with zero attached hydrogens (tertiary/aromatic N) is 5. The standard InChI is InChI=1S/C15H17N5O/c1-15(13-9-18-19(2)10-13)11-20(6-7-21-15)14-12(8-16)4-3-5-17-14/h3-5,9-10H,6-7,11H2,1-2H3/t15-/m0/s1. The van der Waals surface area contributed by atoms with Crippen molar-refractivity contribution in [3.8, 4) is 6.07 Å². The number of aromatic nitrogens is 3. The Kier molecular flexibility index (Phi) is 3.35. The fourth-order valence-electron chi connectivity index (χ4n) is 2.66. The van der Waals surface area contributed by atoms with Gasteiger partial charge in [-0.2, -0.15) is 10.4 Å². The molecule has 0 spiro atoms. The summed E-state index contributed by atoms with van der Waals surface area (Å²) in [7, 11) is 1.89. The normalized spacial score (nSPS) is 22.0. The Hall–Kier alpha value is -2.39. The largest absolute Gasteiger partial charge is 0.367 e. The van der Waals surface area contributed by atoms with Crippen LogP contribution in [-0.2, 0) is 17.4 Å². The summed E-state index contributed by atoms with van der Waals surface area (Å²) in [5.74, 6) is 0.721. The third-order valence-corrected chi connectivity index (χ3v) is 3.80. The lowest BCUT2D eigenvalue weighted by Crippen LogP contribution is -2.48. The Labute approximate surface area is 123 Å². The molecule has 6 heteroatoms. The van der Waals surface area contributed by atoms with Crippen LogP contribution in [-0.4, -0.2) is 34.5 Å². The summed E-state index contributed by atoms with van der Waals surface area (Å²) in [6, 6.07) is 5.77. The molecule has 21 heavy (non-hydrogen) atoms. The number of morpholine rings is 1. The predicted octanol–water partition coefficient (Wildman–Crippen LogP) is 1.44. The minimum atomic E-state index is -0.448. The molecule has 2 aromatic heterocycles. The highest BCUT2D eigenvalue weighted by molar-refractivity contribution is 5.54. The van der Waals surface area contributed by atoms with E-state index in [9.17, 15) is 5.26 Å². The first-order valence-electron chi connectivity index (χ1n) is 6.85. The summed E-state index contributed by atoms with van der Waals surface area (Å²) in [5.41, 5.74) is 1.17. The highest BCUT2D eigenvalue weighted by atomic mass is 16.5. The average molecular weight is 283 g/mol. The summed E-state index contributed by atoms with van der Waals surface area (Å²) in [4.78, 5) is 6.47. The van der Waals surface area contributed by atoms with Gasteiger partial charge in [-0.05, 0) is 19.1 Å². The van der Waals surface area contributed by atoms with Gasteiger partial charge >= 0.3 is 0 Å². The van der Waals surface area contributed by atoms with Crippen molar-refractivity contribution in [1.82, 2.24) is 14.8 Å². The maximum absolute atomic E-state index is 9.24. The number of hydrogen-bond donors (Lipinski definition) is 0. The van der Waals surface area contributed by atoms with E-state index in [0.29, 0.717) is 18.7 Å². The van der Waals surface area contributed by atoms with Crippen molar-refractivity contribution in [2.75, 3.05) is 24.6 Å². The van der Waals surface area contributed by atoms with E-state index < -0.39 is 5.60 Å². The molecule has 1 aliphatic heterocycles. The second-order valence-corrected chi connectivity index (χ2v) is 5.39. The predicted molar refractivity (Wildman–Crippen MR) is 77.7 cm³/mol. The molecule has 0 aliphatic carbocycles. The molecule has 0 N–H and O–H groups in total. The molecule has 0 unspecified atom stereocenters. The fourth-order valence-corrected chi connectivity index (χ4v) is 2.66. The third kappa shape index (κ3) is 2.48. The highest BCUT2D eigenvalue weighted by Gasteiger charge is 2.36. The maximum Gasteiger partial charge on any atom is 0.146 e. The molecule has 1 aliphatic rings. The summed E-state index contributed by atoms with van der Waals surface area (Å²) in [5, 5.41) is 13.5. The van der Waals surface area contributed by atoms with Crippen molar-refractivity contribution in [3.63, 3.8) is 0 Å². The molecule has 1 saturated heterocycles. The van der Waals surface area contributed by atoms with Gasteiger partial charge in [0.1, 0.15) is 17.5 Å². The molecule has 3 heterocycles. The van der Waals surface area contributed by atoms with Crippen LogP contribution in [0.5, 0.6) is 0 Å². The van der Waals surface area contributed by atoms with Crippen LogP contribution in [0.15, 0.2) is 30.7 Å². The van der Waals surface area contributed by atoms with Crippen molar-refractivity contribution in [3.05, 3.63) is 41.9 Å². The topological polar surface area (TPSA) is 67.0 Å². The molecular formula is C15H17N5O. The van der Waals surface area contributed by atoms with E-state index >= 15 is 0 Å². The third-order valence-electron chi connectivity index (χ3n) is 3.80. The zero-order chi connectivity index (χ0) is 14.9. The van der Waals surface area contributed by atoms with Crippen LogP contribution in [0.3, 0.4) is 0 Å². The zero-order valence-electron chi connectivity index (χ0n) is 12.2. The fraction of sp³-hybridized carbons (Fsp3) is 0.400. The van der Waals surface area contributed by atoms with Gasteiger partial charge in [0.15, 0.2) is 0 Å². The van der Waals surface area contributed by atoms with Gasteiger partial charge in [0, 0.05) is 31.5 Å². The lowest BCUT2D eigenvalue weighted by Gasteiger charge is -2.40. The second kappa shape index (κ2) is 5.19. The Balaban J connectivity index is 1.91. The van der Waals surface area contributed by atoms with Gasteiger partial charge in [-0.3, -0.25) is 4.68 Å². The quantitative estimate of drug-likeness (QED) is 0.834. The van der Waals surface area contributed by atoms with Crippen LogP contribution in [0.25, 0.3) is 0 Å². The van der Waals surface area contributed by atoms with Crippen molar-refractivity contribution < 1.29 is 4.74 Å². The summed E-state index contributed by atoms with van der Waals surface area (Å²) < 4.78 is 7.75. The van der Waals surface area contributed by atoms with Crippen LogP contribution >= 0.6 is 0 Å². The molecule has 1 fully saturated rings. The molecular weight excluding hydrogens is 266 g/mol. The van der Waals surface area contributed by atoms with E-state index in [4.69, 9.17) is 4.74 Å². The van der Waals surface area contributed by atoms with Crippen molar-refractivity contribution in [2.45, 2.75) is 12.5 Å². The molecule has 0 bridgehead atoms. The SMILES string of the molecule is Cn1cc([C@]2(C)CN(c3ncccc3C#N)CCO2)cn1. The van der Waals surface area contributed by atoms with E-state index in [1.54, 1.807) is 23.0 Å². The van der Waals surface area contributed by atoms with Crippen LogP contribution in [0, 0.1) is 11.3 Å². The van der Waals surface area contributed by atoms with Gasteiger partial charge in [-0.25, -0.2) is 4.98 Å². The van der Waals surface area contributed by atoms with Crippen LogP contribution in [0.2, 0.25) is 0 Å². The number of rotatable bonds is 2. The molecule has 1 atom stereocenters. The molecule has 2 aromatic rings. The first-order valence-corrected chi connectivity index (χ1v) is 6.85. The van der Waals surface area contributed by atoms with Gasteiger partial charge in [-0.1, -0.05) is 0 Å². The molecule has 0 radical (unpaired) electrons. The number of nitriles is 1. The van der Waals surface area contributed by atoms with Crippen LogP contribution in [0.4, 0.5) is 5.82 Å². The minimum Gasteiger partial charge on any atom is -0.367 e. The monoisotopic (exact) mass is 283 g/mol. The van der Waals surface area contributed by atoms with Crippen molar-refractivity contribution >= 4 is 5.82 Å². The molecule has 0 amide bonds. The number of aryl methyl sites for hydroxylation is 1. The average Bonchev–Trinajstić information content (AvgIpc) is 2.95. The molecule has 0 saturated carbocycles. The summed E-state index contributed by atoms with van der Waals surface area (Å²) in [6.07, 6.45) is 5.51. The van der Waals surface area contributed by atoms with E-state index in [1.165, 1.54) is 0 Å². The minimum absolute atomic E-state index is 0.448. The van der Waals surface area contributed by atoms with Crippen molar-refractivity contribution in [1.29, 1.82) is 5.26 Å². The van der Waals surface area contributed by atoms with Gasteiger partial charge in [0.25, 0.3) is 0 Å². The molecule has 3 rings (SSSR count). The second-order valence-electron chi connectivity index (χ2n) is 5.39. The Morgan fingerprint density at radius 1 is 1.48 bits per heavy atom. The summed E-state index contributed by atoms with van der Waals surface area (Å²) >= 11 is 0. The van der Waals surface area contributed by atoms with Gasteiger partial charge in [0.05, 0.1) is 24.9 Å². The van der Waals surface area contributed by atoms with E-state index in [2.05, 4.69) is 21.1 Å². The lowest BCUT2D eigenvalue weighted by molar-refractivity contribution is -0.0468. The van der Waals surface area contributed by atoms with Gasteiger partial charge in [-0.15, -0.1) is 0 Å². The van der Waals surface area contributed by atoms with Crippen LogP contribution in [0.1, 0.15) is 18.1 Å². The Bertz CT molecular complexity index is 689. The number of pyridine rings is 1. The number of anilines is 1. The first kappa shape index (κ1) is 13.6. The highest BCUT2D eigenvalue weighted by Crippen LogP contribution is 2.31. The van der Waals surface area contributed by atoms with Crippen molar-refractivity contribution in [2.24, 2.45) is 7.05 Å². The molecule has 0 aromatic carbocycles.